The summed E-state index contributed by atoms with van der Waals surface area (Å²) in [6.45, 7) is 0. The Morgan fingerprint density at radius 2 is 2.26 bits per heavy atom. The number of rotatable bonds is 3. The highest BCUT2D eigenvalue weighted by atomic mass is 32.2. The quantitative estimate of drug-likeness (QED) is 0.589. The van der Waals surface area contributed by atoms with Gasteiger partial charge in [0, 0.05) is 11.1 Å². The van der Waals surface area contributed by atoms with E-state index >= 15 is 0 Å². The van der Waals surface area contributed by atoms with Crippen molar-refractivity contribution in [2.75, 3.05) is 0 Å². The minimum absolute atomic E-state index is 0.780. The number of hydrogen-bond acceptors (Lipinski definition) is 5. The van der Waals surface area contributed by atoms with Crippen molar-refractivity contribution in [3.05, 3.63) is 40.8 Å². The predicted octanol–water partition coefficient (Wildman–Crippen LogP) is 2.96. The van der Waals surface area contributed by atoms with Crippen molar-refractivity contribution in [3.8, 4) is 0 Å². The maximum absolute atomic E-state index is 4.50. The highest BCUT2D eigenvalue weighted by Crippen LogP contribution is 2.25. The van der Waals surface area contributed by atoms with Gasteiger partial charge in [0.1, 0.15) is 0 Å². The van der Waals surface area contributed by atoms with E-state index in [4.69, 9.17) is 0 Å². The number of aromatic nitrogens is 5. The van der Waals surface area contributed by atoms with Crippen molar-refractivity contribution in [2.45, 2.75) is 10.9 Å². The summed E-state index contributed by atoms with van der Waals surface area (Å²) >= 11 is 3.27. The maximum atomic E-state index is 4.50. The van der Waals surface area contributed by atoms with Crippen LogP contribution in [0.1, 0.15) is 5.69 Å². The molecule has 19 heavy (non-hydrogen) atoms. The number of nitrogens with one attached hydrogen (secondary N) is 1. The van der Waals surface area contributed by atoms with Gasteiger partial charge in [-0.2, -0.15) is 0 Å². The van der Waals surface area contributed by atoms with Crippen molar-refractivity contribution < 1.29 is 0 Å². The Morgan fingerprint density at radius 3 is 3.16 bits per heavy atom. The second-order valence-electron chi connectivity index (χ2n) is 4.03. The molecule has 0 aliphatic heterocycles. The molecule has 7 heteroatoms. The van der Waals surface area contributed by atoms with Crippen LogP contribution in [0.2, 0.25) is 0 Å². The average Bonchev–Trinajstić information content (AvgIpc) is 3.13. The largest absolute Gasteiger partial charge is 0.254 e. The van der Waals surface area contributed by atoms with Crippen LogP contribution in [-0.2, 0) is 5.75 Å². The number of thioether (sulfide) groups is 1. The second kappa shape index (κ2) is 4.36. The molecule has 3 heterocycles. The van der Waals surface area contributed by atoms with Crippen molar-refractivity contribution in [2.24, 2.45) is 0 Å². The molecule has 1 N–H and O–H groups in total. The minimum atomic E-state index is 0.780. The number of hydrogen-bond donors (Lipinski definition) is 1. The minimum Gasteiger partial charge on any atom is -0.254 e. The smallest absolute Gasteiger partial charge is 0.231 e. The molecule has 0 amide bonds. The molecule has 0 atom stereocenters. The summed E-state index contributed by atoms with van der Waals surface area (Å²) in [5, 5.41) is 10.3. The lowest BCUT2D eigenvalue weighted by molar-refractivity contribution is 0.939. The van der Waals surface area contributed by atoms with Gasteiger partial charge in [-0.25, -0.2) is 15.1 Å². The summed E-state index contributed by atoms with van der Waals surface area (Å²) < 4.78 is 2.05. The van der Waals surface area contributed by atoms with E-state index in [1.54, 1.807) is 23.1 Å². The highest BCUT2D eigenvalue weighted by molar-refractivity contribution is 7.98. The van der Waals surface area contributed by atoms with Crippen LogP contribution in [-0.4, -0.2) is 24.6 Å². The Bertz CT molecular complexity index is 830. The fourth-order valence-electron chi connectivity index (χ4n) is 1.99. The van der Waals surface area contributed by atoms with Gasteiger partial charge in [-0.3, -0.25) is 4.40 Å². The van der Waals surface area contributed by atoms with E-state index in [1.165, 1.54) is 0 Å². The second-order valence-corrected chi connectivity index (χ2v) is 5.70. The average molecular weight is 287 g/mol. The lowest BCUT2D eigenvalue weighted by Gasteiger charge is -1.96. The first-order valence-electron chi connectivity index (χ1n) is 5.73. The third-order valence-electron chi connectivity index (χ3n) is 2.84. The molecule has 0 saturated carbocycles. The number of benzene rings is 1. The van der Waals surface area contributed by atoms with E-state index in [0.717, 1.165) is 33.4 Å². The van der Waals surface area contributed by atoms with Crippen LogP contribution in [0.3, 0.4) is 0 Å². The normalized spacial score (nSPS) is 11.6. The predicted molar refractivity (Wildman–Crippen MR) is 76.5 cm³/mol. The number of nitrogens with zero attached hydrogens (tertiary/aromatic N) is 4. The first-order valence-corrected chi connectivity index (χ1v) is 7.66. The molecule has 0 radical (unpaired) electrons. The summed E-state index contributed by atoms with van der Waals surface area (Å²) in [5.74, 6) is 1.60. The monoisotopic (exact) mass is 287 g/mol. The van der Waals surface area contributed by atoms with Crippen molar-refractivity contribution in [3.63, 3.8) is 0 Å². The van der Waals surface area contributed by atoms with Crippen molar-refractivity contribution in [1.82, 2.24) is 24.6 Å². The maximum Gasteiger partial charge on any atom is 0.231 e. The van der Waals surface area contributed by atoms with Gasteiger partial charge in [-0.05, 0) is 12.1 Å². The highest BCUT2D eigenvalue weighted by Gasteiger charge is 2.11. The molecular weight excluding hydrogens is 278 g/mol. The summed E-state index contributed by atoms with van der Waals surface area (Å²) in [7, 11) is 0. The molecule has 0 saturated heterocycles. The SMILES string of the molecule is c1ccc2c(c1)nc1[nH]nc(SCc3cscn3)n12. The van der Waals surface area contributed by atoms with Gasteiger partial charge in [0.05, 0.1) is 22.2 Å². The zero-order valence-electron chi connectivity index (χ0n) is 9.78. The van der Waals surface area contributed by atoms with Crippen LogP contribution >= 0.6 is 23.1 Å². The lowest BCUT2D eigenvalue weighted by atomic mass is 10.3. The van der Waals surface area contributed by atoms with Crippen LogP contribution in [0.4, 0.5) is 0 Å². The first kappa shape index (κ1) is 11.0. The zero-order valence-corrected chi connectivity index (χ0v) is 11.4. The van der Waals surface area contributed by atoms with E-state index in [0.29, 0.717) is 0 Å². The van der Waals surface area contributed by atoms with E-state index in [1.807, 2.05) is 28.1 Å². The van der Waals surface area contributed by atoms with Gasteiger partial charge >= 0.3 is 0 Å². The fraction of sp³-hybridized carbons (Fsp3) is 0.0833. The summed E-state index contributed by atoms with van der Waals surface area (Å²) in [6, 6.07) is 8.06. The summed E-state index contributed by atoms with van der Waals surface area (Å²) in [6.07, 6.45) is 0. The molecule has 1 aromatic carbocycles. The van der Waals surface area contributed by atoms with Gasteiger partial charge in [0.25, 0.3) is 0 Å². The molecule has 0 spiro atoms. The molecule has 4 rings (SSSR count). The number of para-hydroxylation sites is 2. The molecular formula is C12H9N5S2. The first-order chi connectivity index (χ1) is 9.42. The third kappa shape index (κ3) is 1.82. The molecule has 0 aliphatic rings. The molecule has 3 aromatic heterocycles. The number of H-pyrrole nitrogens is 1. The molecule has 0 aliphatic carbocycles. The molecule has 4 aromatic rings. The van der Waals surface area contributed by atoms with E-state index in [-0.39, 0.29) is 0 Å². The third-order valence-corrected chi connectivity index (χ3v) is 4.44. The number of aromatic amines is 1. The van der Waals surface area contributed by atoms with E-state index < -0.39 is 0 Å². The van der Waals surface area contributed by atoms with Crippen LogP contribution in [0.5, 0.6) is 0 Å². The van der Waals surface area contributed by atoms with Crippen LogP contribution in [0, 0.1) is 0 Å². The Kier molecular flexibility index (Phi) is 2.52. The van der Waals surface area contributed by atoms with Gasteiger partial charge in [0.2, 0.25) is 5.78 Å². The van der Waals surface area contributed by atoms with E-state index in [9.17, 15) is 0 Å². The Morgan fingerprint density at radius 1 is 1.32 bits per heavy atom. The Labute approximate surface area is 116 Å². The molecule has 0 bridgehead atoms. The number of imidazole rings is 1. The standard InChI is InChI=1S/C12H9N5S2/c1-2-4-10-9(3-1)14-11-15-16-12(17(10)11)19-6-8-5-18-7-13-8/h1-5,7H,6H2,(H,14,15). The van der Waals surface area contributed by atoms with E-state index in [2.05, 4.69) is 31.6 Å². The van der Waals surface area contributed by atoms with Crippen LogP contribution in [0.25, 0.3) is 16.8 Å². The van der Waals surface area contributed by atoms with Gasteiger partial charge in [-0.15, -0.1) is 16.4 Å². The Balaban J connectivity index is 1.77. The van der Waals surface area contributed by atoms with Crippen LogP contribution < -0.4 is 0 Å². The number of fused-ring (bicyclic) bond motifs is 3. The zero-order chi connectivity index (χ0) is 12.7. The summed E-state index contributed by atoms with van der Waals surface area (Å²) in [5.41, 5.74) is 4.98. The summed E-state index contributed by atoms with van der Waals surface area (Å²) in [4.78, 5) is 8.78. The lowest BCUT2D eigenvalue weighted by Crippen LogP contribution is -1.87. The molecule has 5 nitrogen and oxygen atoms in total. The van der Waals surface area contributed by atoms with Gasteiger partial charge in [-0.1, -0.05) is 23.9 Å². The number of thiazole rings is 1. The Hall–Kier alpha value is -1.86. The molecule has 0 fully saturated rings. The fourth-order valence-corrected chi connectivity index (χ4v) is 3.51. The molecule has 0 unspecified atom stereocenters. The van der Waals surface area contributed by atoms with Crippen molar-refractivity contribution in [1.29, 1.82) is 0 Å². The topological polar surface area (TPSA) is 58.9 Å². The van der Waals surface area contributed by atoms with Gasteiger partial charge in [0.15, 0.2) is 5.16 Å². The van der Waals surface area contributed by atoms with Crippen LogP contribution in [0.15, 0.2) is 40.3 Å². The molecule has 94 valence electrons. The van der Waals surface area contributed by atoms with Gasteiger partial charge < -0.3 is 0 Å². The van der Waals surface area contributed by atoms with Crippen molar-refractivity contribution >= 4 is 39.9 Å².